The topological polar surface area (TPSA) is 21.8 Å². The third-order valence-corrected chi connectivity index (χ3v) is 4.83. The zero-order chi connectivity index (χ0) is 12.2. The summed E-state index contributed by atoms with van der Waals surface area (Å²) < 4.78 is 11.9. The Morgan fingerprint density at radius 2 is 1.94 bits per heavy atom. The zero-order valence-electron chi connectivity index (χ0n) is 11.4. The molecule has 0 N–H and O–H groups in total. The van der Waals surface area contributed by atoms with Gasteiger partial charge in [-0.1, -0.05) is 19.9 Å². The van der Waals surface area contributed by atoms with E-state index in [1.165, 1.54) is 5.57 Å². The molecular weight excluding hydrogens is 216 g/mol. The fraction of sp³-hybridized carbons (Fsp3) is 0.846. The highest BCUT2D eigenvalue weighted by molar-refractivity contribution is 6.69. The van der Waals surface area contributed by atoms with Crippen LogP contribution in [0, 0.1) is 5.41 Å². The van der Waals surface area contributed by atoms with Gasteiger partial charge in [-0.2, -0.15) is 0 Å². The second kappa shape index (κ2) is 3.44. The second-order valence-electron chi connectivity index (χ2n) is 6.82. The Balaban J connectivity index is 2.19. The summed E-state index contributed by atoms with van der Waals surface area (Å²) in [4.78, 5) is 0. The van der Waals surface area contributed by atoms with Crippen LogP contribution in [0.15, 0.2) is 11.6 Å². The fourth-order valence-electron chi connectivity index (χ4n) is 2.89. The lowest BCUT2D eigenvalue weighted by Crippen LogP contribution is -2.44. The minimum atomic E-state index is -1.45. The molecule has 0 saturated carbocycles. The van der Waals surface area contributed by atoms with Crippen molar-refractivity contribution in [3.63, 3.8) is 0 Å². The molecule has 1 saturated heterocycles. The van der Waals surface area contributed by atoms with Crippen LogP contribution >= 0.6 is 0 Å². The quantitative estimate of drug-likeness (QED) is 0.419. The molecule has 2 atom stereocenters. The third kappa shape index (κ3) is 2.00. The van der Waals surface area contributed by atoms with Crippen molar-refractivity contribution in [1.29, 1.82) is 0 Å². The van der Waals surface area contributed by atoms with Crippen molar-refractivity contribution in [2.75, 3.05) is 6.61 Å². The van der Waals surface area contributed by atoms with Gasteiger partial charge in [-0.15, -0.1) is 0 Å². The van der Waals surface area contributed by atoms with Gasteiger partial charge >= 0.3 is 0 Å². The maximum atomic E-state index is 6.21. The highest BCUT2D eigenvalue weighted by Gasteiger charge is 2.60. The lowest BCUT2D eigenvalue weighted by Gasteiger charge is -2.41. The molecule has 1 fully saturated rings. The molecule has 1 heterocycles. The highest BCUT2D eigenvalue weighted by atomic mass is 28.4. The van der Waals surface area contributed by atoms with Crippen molar-refractivity contribution in [2.24, 2.45) is 5.41 Å². The largest absolute Gasteiger partial charge is 0.411 e. The van der Waals surface area contributed by atoms with E-state index in [0.29, 0.717) is 0 Å². The average molecular weight is 240 g/mol. The van der Waals surface area contributed by atoms with Crippen LogP contribution in [0.1, 0.15) is 27.2 Å². The van der Waals surface area contributed by atoms with Gasteiger partial charge in [0.2, 0.25) is 0 Å². The Morgan fingerprint density at radius 1 is 1.38 bits per heavy atom. The molecule has 3 heteroatoms. The lowest BCUT2D eigenvalue weighted by atomic mass is 9.68. The van der Waals surface area contributed by atoms with E-state index >= 15 is 0 Å². The molecule has 0 bridgehead atoms. The van der Waals surface area contributed by atoms with Gasteiger partial charge in [0.25, 0.3) is 0 Å². The van der Waals surface area contributed by atoms with Crippen molar-refractivity contribution >= 4 is 8.32 Å². The van der Waals surface area contributed by atoms with Crippen molar-refractivity contribution in [3.05, 3.63) is 11.6 Å². The first-order valence-electron chi connectivity index (χ1n) is 6.17. The van der Waals surface area contributed by atoms with Crippen LogP contribution in [0.4, 0.5) is 0 Å². The normalized spacial score (nSPS) is 37.4. The summed E-state index contributed by atoms with van der Waals surface area (Å²) in [7, 11) is -1.45. The Bertz CT molecular complexity index is 321. The van der Waals surface area contributed by atoms with Crippen LogP contribution in [0.2, 0.25) is 19.6 Å². The van der Waals surface area contributed by atoms with E-state index in [0.717, 1.165) is 13.0 Å². The Labute approximate surface area is 100 Å². The molecule has 0 aromatic heterocycles. The molecule has 2 aliphatic rings. The molecule has 1 aliphatic carbocycles. The maximum absolute atomic E-state index is 6.21. The van der Waals surface area contributed by atoms with Crippen molar-refractivity contribution < 1.29 is 9.16 Å². The van der Waals surface area contributed by atoms with Gasteiger partial charge < -0.3 is 9.16 Å². The smallest absolute Gasteiger partial charge is 0.184 e. The first-order chi connectivity index (χ1) is 7.16. The zero-order valence-corrected chi connectivity index (χ0v) is 12.4. The minimum Gasteiger partial charge on any atom is -0.411 e. The SMILES string of the molecule is CC1=C[C@@H](O[Si](C)(C)C)CC(C)(C)C12CO2. The molecule has 16 heavy (non-hydrogen) atoms. The number of epoxide rings is 1. The van der Waals surface area contributed by atoms with Gasteiger partial charge in [-0.05, 0) is 38.6 Å². The molecule has 2 nitrogen and oxygen atoms in total. The summed E-state index contributed by atoms with van der Waals surface area (Å²) in [5.41, 5.74) is 1.61. The molecule has 0 radical (unpaired) electrons. The first-order valence-corrected chi connectivity index (χ1v) is 9.58. The van der Waals surface area contributed by atoms with Gasteiger partial charge in [0.15, 0.2) is 8.32 Å². The number of ether oxygens (including phenoxy) is 1. The Kier molecular flexibility index (Phi) is 2.65. The Hall–Kier alpha value is -0.123. The molecular formula is C13H24O2Si. The summed E-state index contributed by atoms with van der Waals surface area (Å²) in [5, 5.41) is 0. The Morgan fingerprint density at radius 3 is 2.31 bits per heavy atom. The predicted molar refractivity (Wildman–Crippen MR) is 69.1 cm³/mol. The van der Waals surface area contributed by atoms with Crippen LogP contribution in [-0.2, 0) is 9.16 Å². The standard InChI is InChI=1S/C13H24O2Si/c1-10-7-11(15-16(4,5)6)8-12(2,3)13(10)9-14-13/h7,11H,8-9H2,1-6H3/t11-,13?/m1/s1. The van der Waals surface area contributed by atoms with Crippen molar-refractivity contribution in [3.8, 4) is 0 Å². The summed E-state index contributed by atoms with van der Waals surface area (Å²) >= 11 is 0. The fourth-order valence-corrected chi connectivity index (χ4v) is 3.95. The third-order valence-electron chi connectivity index (χ3n) is 3.82. The molecule has 2 rings (SSSR count). The van der Waals surface area contributed by atoms with E-state index in [2.05, 4.69) is 46.5 Å². The number of rotatable bonds is 2. The lowest BCUT2D eigenvalue weighted by molar-refractivity contribution is 0.0845. The number of hydrogen-bond acceptors (Lipinski definition) is 2. The highest BCUT2D eigenvalue weighted by Crippen LogP contribution is 2.55. The summed E-state index contributed by atoms with van der Waals surface area (Å²) in [5.74, 6) is 0. The maximum Gasteiger partial charge on any atom is 0.184 e. The van der Waals surface area contributed by atoms with Gasteiger partial charge in [0.05, 0.1) is 12.7 Å². The average Bonchev–Trinajstić information content (AvgIpc) is 2.75. The summed E-state index contributed by atoms with van der Waals surface area (Å²) in [6.45, 7) is 14.4. The van der Waals surface area contributed by atoms with Crippen molar-refractivity contribution in [2.45, 2.75) is 58.5 Å². The van der Waals surface area contributed by atoms with E-state index in [9.17, 15) is 0 Å². The minimum absolute atomic E-state index is 0.0340. The molecule has 0 aromatic rings. The van der Waals surface area contributed by atoms with Crippen LogP contribution in [0.3, 0.4) is 0 Å². The number of hydrogen-bond donors (Lipinski definition) is 0. The monoisotopic (exact) mass is 240 g/mol. The van der Waals surface area contributed by atoms with E-state index < -0.39 is 8.32 Å². The van der Waals surface area contributed by atoms with E-state index in [4.69, 9.17) is 9.16 Å². The molecule has 92 valence electrons. The van der Waals surface area contributed by atoms with Gasteiger partial charge in [-0.3, -0.25) is 0 Å². The van der Waals surface area contributed by atoms with Crippen molar-refractivity contribution in [1.82, 2.24) is 0 Å². The first kappa shape index (κ1) is 12.3. The summed E-state index contributed by atoms with van der Waals surface area (Å²) in [6.07, 6.45) is 3.65. The van der Waals surface area contributed by atoms with Gasteiger partial charge in [0.1, 0.15) is 5.60 Å². The van der Waals surface area contributed by atoms with Crippen LogP contribution in [0.5, 0.6) is 0 Å². The molecule has 0 amide bonds. The molecule has 1 spiro atoms. The second-order valence-corrected chi connectivity index (χ2v) is 11.3. The van der Waals surface area contributed by atoms with Gasteiger partial charge in [-0.25, -0.2) is 0 Å². The van der Waals surface area contributed by atoms with Crippen LogP contribution in [0.25, 0.3) is 0 Å². The molecule has 1 aliphatic heterocycles. The van der Waals surface area contributed by atoms with E-state index in [-0.39, 0.29) is 17.1 Å². The van der Waals surface area contributed by atoms with Crippen LogP contribution in [-0.4, -0.2) is 26.6 Å². The van der Waals surface area contributed by atoms with E-state index in [1.807, 2.05) is 0 Å². The van der Waals surface area contributed by atoms with Gasteiger partial charge in [0, 0.05) is 5.41 Å². The van der Waals surface area contributed by atoms with E-state index in [1.54, 1.807) is 0 Å². The summed E-state index contributed by atoms with van der Waals surface area (Å²) in [6, 6.07) is 0. The molecule has 1 unspecified atom stereocenters. The van der Waals surface area contributed by atoms with Crippen LogP contribution < -0.4 is 0 Å². The molecule has 0 aromatic carbocycles. The predicted octanol–water partition coefficient (Wildman–Crippen LogP) is 3.35.